The van der Waals surface area contributed by atoms with Crippen LogP contribution in [0.1, 0.15) is 26.3 Å². The molecule has 1 aromatic carbocycles. The molecule has 1 aliphatic heterocycles. The van der Waals surface area contributed by atoms with E-state index in [1.54, 1.807) is 4.90 Å². The molecule has 1 amide bonds. The first-order valence-corrected chi connectivity index (χ1v) is 9.77. The maximum atomic E-state index is 12.2. The van der Waals surface area contributed by atoms with E-state index in [4.69, 9.17) is 9.72 Å². The van der Waals surface area contributed by atoms with Crippen LogP contribution < -0.4 is 9.80 Å². The molecule has 150 valence electrons. The quantitative estimate of drug-likeness (QED) is 0.806. The Bertz CT molecular complexity index is 781. The van der Waals surface area contributed by atoms with Crippen LogP contribution in [-0.2, 0) is 11.3 Å². The summed E-state index contributed by atoms with van der Waals surface area (Å²) in [5.41, 5.74) is 0.788. The van der Waals surface area contributed by atoms with Gasteiger partial charge in [-0.3, -0.25) is 0 Å². The van der Waals surface area contributed by atoms with Gasteiger partial charge in [-0.15, -0.1) is 0 Å². The second-order valence-corrected chi connectivity index (χ2v) is 8.15. The van der Waals surface area contributed by atoms with Crippen molar-refractivity contribution in [2.24, 2.45) is 0 Å². The van der Waals surface area contributed by atoms with Crippen LogP contribution >= 0.6 is 0 Å². The predicted octanol–water partition coefficient (Wildman–Crippen LogP) is 3.78. The van der Waals surface area contributed by atoms with Gasteiger partial charge in [0.05, 0.1) is 0 Å². The first kappa shape index (κ1) is 20.0. The van der Waals surface area contributed by atoms with Crippen molar-refractivity contribution in [3.63, 3.8) is 0 Å². The molecule has 0 saturated carbocycles. The number of rotatable bonds is 4. The molecule has 0 aliphatic carbocycles. The molecule has 1 aliphatic rings. The van der Waals surface area contributed by atoms with Gasteiger partial charge < -0.3 is 19.4 Å². The molecular formula is C22H30N4O2. The summed E-state index contributed by atoms with van der Waals surface area (Å²) in [5, 5.41) is 0. The Balaban J connectivity index is 1.60. The molecule has 1 aromatic heterocycles. The monoisotopic (exact) mass is 382 g/mol. The number of amides is 1. The van der Waals surface area contributed by atoms with E-state index in [-0.39, 0.29) is 6.09 Å². The summed E-state index contributed by atoms with van der Waals surface area (Å²) in [6.07, 6.45) is -0.239. The third-order valence-electron chi connectivity index (χ3n) is 4.63. The van der Waals surface area contributed by atoms with Gasteiger partial charge in [0.25, 0.3) is 0 Å². The van der Waals surface area contributed by atoms with Crippen molar-refractivity contribution in [3.05, 3.63) is 54.1 Å². The molecule has 0 radical (unpaired) electrons. The molecule has 3 rings (SSSR count). The predicted molar refractivity (Wildman–Crippen MR) is 113 cm³/mol. The van der Waals surface area contributed by atoms with Crippen molar-refractivity contribution >= 4 is 17.7 Å². The third kappa shape index (κ3) is 5.38. The number of ether oxygens (including phenoxy) is 1. The molecule has 1 fully saturated rings. The largest absolute Gasteiger partial charge is 0.444 e. The van der Waals surface area contributed by atoms with E-state index < -0.39 is 5.60 Å². The van der Waals surface area contributed by atoms with E-state index in [9.17, 15) is 4.79 Å². The Morgan fingerprint density at radius 3 is 2.36 bits per heavy atom. The molecule has 0 bridgehead atoms. The average Bonchev–Trinajstić information content (AvgIpc) is 2.68. The van der Waals surface area contributed by atoms with Gasteiger partial charge in [0.15, 0.2) is 0 Å². The van der Waals surface area contributed by atoms with Gasteiger partial charge in [0.1, 0.15) is 17.2 Å². The summed E-state index contributed by atoms with van der Waals surface area (Å²) < 4.78 is 5.47. The Morgan fingerprint density at radius 1 is 1.04 bits per heavy atom. The van der Waals surface area contributed by atoms with E-state index in [0.29, 0.717) is 13.1 Å². The first-order chi connectivity index (χ1) is 13.3. The highest BCUT2D eigenvalue weighted by atomic mass is 16.6. The first-order valence-electron chi connectivity index (χ1n) is 9.77. The number of carbonyl (C=O) groups excluding carboxylic acids is 1. The normalized spacial score (nSPS) is 14.7. The Kier molecular flexibility index (Phi) is 6.07. The van der Waals surface area contributed by atoms with Crippen LogP contribution in [-0.4, -0.2) is 54.8 Å². The van der Waals surface area contributed by atoms with Crippen LogP contribution in [0.5, 0.6) is 0 Å². The second kappa shape index (κ2) is 8.50. The number of carbonyl (C=O) groups is 1. The number of aromatic nitrogens is 1. The van der Waals surface area contributed by atoms with Gasteiger partial charge in [-0.2, -0.15) is 0 Å². The number of nitrogens with zero attached hydrogens (tertiary/aromatic N) is 4. The summed E-state index contributed by atoms with van der Waals surface area (Å²) in [5.74, 6) is 1.89. The van der Waals surface area contributed by atoms with Crippen LogP contribution in [0.2, 0.25) is 0 Å². The van der Waals surface area contributed by atoms with E-state index >= 15 is 0 Å². The van der Waals surface area contributed by atoms with E-state index in [0.717, 1.165) is 31.3 Å². The minimum absolute atomic E-state index is 0.239. The van der Waals surface area contributed by atoms with E-state index in [1.165, 1.54) is 5.56 Å². The van der Waals surface area contributed by atoms with Gasteiger partial charge >= 0.3 is 6.09 Å². The van der Waals surface area contributed by atoms with Crippen LogP contribution in [0.25, 0.3) is 0 Å². The zero-order valence-electron chi connectivity index (χ0n) is 17.3. The molecule has 0 atom stereocenters. The molecule has 2 aromatic rings. The van der Waals surface area contributed by atoms with Crippen LogP contribution in [0.15, 0.2) is 48.5 Å². The minimum atomic E-state index is -0.465. The zero-order chi connectivity index (χ0) is 20.1. The Morgan fingerprint density at radius 2 is 1.71 bits per heavy atom. The van der Waals surface area contributed by atoms with E-state index in [1.807, 2.05) is 45.0 Å². The van der Waals surface area contributed by atoms with Crippen molar-refractivity contribution in [3.8, 4) is 0 Å². The van der Waals surface area contributed by atoms with Crippen LogP contribution in [0.4, 0.5) is 16.4 Å². The topological polar surface area (TPSA) is 48.9 Å². The van der Waals surface area contributed by atoms with Gasteiger partial charge in [-0.05, 0) is 38.5 Å². The average molecular weight is 383 g/mol. The molecule has 0 unspecified atom stereocenters. The van der Waals surface area contributed by atoms with E-state index in [2.05, 4.69) is 41.1 Å². The Hall–Kier alpha value is -2.76. The molecule has 0 spiro atoms. The van der Waals surface area contributed by atoms with Crippen molar-refractivity contribution in [1.29, 1.82) is 0 Å². The fourth-order valence-corrected chi connectivity index (χ4v) is 3.18. The number of benzene rings is 1. The number of hydrogen-bond acceptors (Lipinski definition) is 5. The molecular weight excluding hydrogens is 352 g/mol. The number of anilines is 2. The van der Waals surface area contributed by atoms with Crippen molar-refractivity contribution < 1.29 is 9.53 Å². The van der Waals surface area contributed by atoms with Gasteiger partial charge in [-0.25, -0.2) is 9.78 Å². The molecule has 6 heteroatoms. The van der Waals surface area contributed by atoms with Crippen LogP contribution in [0, 0.1) is 0 Å². The van der Waals surface area contributed by atoms with Crippen LogP contribution in [0.3, 0.4) is 0 Å². The molecule has 28 heavy (non-hydrogen) atoms. The smallest absolute Gasteiger partial charge is 0.410 e. The standard InChI is InChI=1S/C22H30N4O2/c1-22(2,3)28-21(27)26-15-13-25(14-16-26)20-12-8-11-19(23-20)24(4)17-18-9-6-5-7-10-18/h5-12H,13-17H2,1-4H3. The third-order valence-corrected chi connectivity index (χ3v) is 4.63. The number of hydrogen-bond donors (Lipinski definition) is 0. The number of pyridine rings is 1. The molecule has 2 heterocycles. The minimum Gasteiger partial charge on any atom is -0.444 e. The summed E-state index contributed by atoms with van der Waals surface area (Å²) in [7, 11) is 2.06. The fraction of sp³-hybridized carbons (Fsp3) is 0.455. The summed E-state index contributed by atoms with van der Waals surface area (Å²) >= 11 is 0. The lowest BCUT2D eigenvalue weighted by Crippen LogP contribution is -2.50. The number of piperazine rings is 1. The highest BCUT2D eigenvalue weighted by molar-refractivity contribution is 5.68. The lowest BCUT2D eigenvalue weighted by atomic mass is 10.2. The van der Waals surface area contributed by atoms with Gasteiger partial charge in [0.2, 0.25) is 0 Å². The lowest BCUT2D eigenvalue weighted by molar-refractivity contribution is 0.0240. The van der Waals surface area contributed by atoms with Crippen molar-refractivity contribution in [2.75, 3.05) is 43.0 Å². The summed E-state index contributed by atoms with van der Waals surface area (Å²) in [6.45, 7) is 9.26. The maximum Gasteiger partial charge on any atom is 0.410 e. The van der Waals surface area contributed by atoms with Gasteiger partial charge in [0, 0.05) is 39.8 Å². The van der Waals surface area contributed by atoms with Gasteiger partial charge in [-0.1, -0.05) is 36.4 Å². The molecule has 0 N–H and O–H groups in total. The highest BCUT2D eigenvalue weighted by Crippen LogP contribution is 2.20. The lowest BCUT2D eigenvalue weighted by Gasteiger charge is -2.36. The summed E-state index contributed by atoms with van der Waals surface area (Å²) in [6, 6.07) is 16.5. The second-order valence-electron chi connectivity index (χ2n) is 8.15. The highest BCUT2D eigenvalue weighted by Gasteiger charge is 2.26. The molecule has 1 saturated heterocycles. The maximum absolute atomic E-state index is 12.2. The SMILES string of the molecule is CN(Cc1ccccc1)c1cccc(N2CCN(C(=O)OC(C)(C)C)CC2)n1. The van der Waals surface area contributed by atoms with Crippen molar-refractivity contribution in [2.45, 2.75) is 32.9 Å². The molecule has 6 nitrogen and oxygen atoms in total. The van der Waals surface area contributed by atoms with Crippen molar-refractivity contribution in [1.82, 2.24) is 9.88 Å². The Labute approximate surface area is 167 Å². The zero-order valence-corrected chi connectivity index (χ0v) is 17.3. The summed E-state index contributed by atoms with van der Waals surface area (Å²) in [4.78, 5) is 23.2. The fourth-order valence-electron chi connectivity index (χ4n) is 3.18.